The van der Waals surface area contributed by atoms with Gasteiger partial charge in [-0.15, -0.1) is 11.6 Å². The fraction of sp³-hybridized carbons (Fsp3) is 0.400. The van der Waals surface area contributed by atoms with Gasteiger partial charge >= 0.3 is 0 Å². The number of hydrogen-bond donors (Lipinski definition) is 0. The highest BCUT2D eigenvalue weighted by atomic mass is 35.5. The monoisotopic (exact) mass is 304 g/mol. The Balaban J connectivity index is 2.20. The molecule has 6 heteroatoms. The highest BCUT2D eigenvalue weighted by Crippen LogP contribution is 2.29. The van der Waals surface area contributed by atoms with Crippen LogP contribution < -0.4 is 0 Å². The van der Waals surface area contributed by atoms with E-state index in [0.29, 0.717) is 12.3 Å². The van der Waals surface area contributed by atoms with Gasteiger partial charge in [-0.25, -0.2) is 9.97 Å². The molecule has 1 atom stereocenters. The lowest BCUT2D eigenvalue weighted by Gasteiger charge is -2.16. The van der Waals surface area contributed by atoms with E-state index in [1.54, 1.807) is 6.20 Å². The molecule has 0 N–H and O–H groups in total. The first-order valence-electron chi connectivity index (χ1n) is 6.94. The molecule has 0 aliphatic carbocycles. The predicted molar refractivity (Wildman–Crippen MR) is 81.7 cm³/mol. The lowest BCUT2D eigenvalue weighted by molar-refractivity contribution is 0.391. The maximum Gasteiger partial charge on any atom is 0.160 e. The normalized spacial score (nSPS) is 13.0. The minimum atomic E-state index is 0.0503. The molecule has 3 heterocycles. The Hall–Kier alpha value is -1.88. The summed E-state index contributed by atoms with van der Waals surface area (Å²) in [5, 5.41) is 4.05. The van der Waals surface area contributed by atoms with Crippen LogP contribution in [-0.2, 0) is 6.42 Å². The van der Waals surface area contributed by atoms with Gasteiger partial charge in [-0.2, -0.15) is 0 Å². The van der Waals surface area contributed by atoms with Crippen LogP contribution in [0.1, 0.15) is 35.8 Å². The fourth-order valence-corrected chi connectivity index (χ4v) is 3.03. The molecule has 0 saturated heterocycles. The van der Waals surface area contributed by atoms with Crippen molar-refractivity contribution < 1.29 is 4.52 Å². The average Bonchev–Trinajstić information content (AvgIpc) is 2.99. The van der Waals surface area contributed by atoms with Crippen molar-refractivity contribution in [2.75, 3.05) is 5.88 Å². The number of rotatable bonds is 4. The van der Waals surface area contributed by atoms with Crippen molar-refractivity contribution in [1.29, 1.82) is 0 Å². The molecule has 1 unspecified atom stereocenters. The smallest absolute Gasteiger partial charge is 0.160 e. The van der Waals surface area contributed by atoms with Gasteiger partial charge in [0.25, 0.3) is 0 Å². The lowest BCUT2D eigenvalue weighted by atomic mass is 10.1. The van der Waals surface area contributed by atoms with E-state index in [9.17, 15) is 0 Å². The molecule has 3 rings (SSSR count). The van der Waals surface area contributed by atoms with Crippen LogP contribution in [0.2, 0.25) is 0 Å². The van der Waals surface area contributed by atoms with Crippen molar-refractivity contribution in [1.82, 2.24) is 19.7 Å². The number of alkyl halides is 1. The zero-order chi connectivity index (χ0) is 15.0. The molecular weight excluding hydrogens is 288 g/mol. The number of nitrogens with zero attached hydrogens (tertiary/aromatic N) is 4. The van der Waals surface area contributed by atoms with Crippen LogP contribution in [0, 0.1) is 13.8 Å². The van der Waals surface area contributed by atoms with E-state index in [2.05, 4.69) is 26.6 Å². The van der Waals surface area contributed by atoms with Crippen LogP contribution in [-0.4, -0.2) is 25.6 Å². The highest BCUT2D eigenvalue weighted by molar-refractivity contribution is 6.17. The van der Waals surface area contributed by atoms with Gasteiger partial charge in [0, 0.05) is 24.1 Å². The molecule has 0 bridgehead atoms. The summed E-state index contributed by atoms with van der Waals surface area (Å²) >= 11 is 5.92. The van der Waals surface area contributed by atoms with E-state index in [1.807, 2.05) is 26.0 Å². The minimum absolute atomic E-state index is 0.0503. The van der Waals surface area contributed by atoms with Crippen LogP contribution in [0.25, 0.3) is 11.2 Å². The van der Waals surface area contributed by atoms with Crippen LogP contribution in [0.3, 0.4) is 0 Å². The van der Waals surface area contributed by atoms with Crippen molar-refractivity contribution in [2.24, 2.45) is 0 Å². The molecule has 0 saturated carbocycles. The number of imidazole rings is 1. The second-order valence-corrected chi connectivity index (χ2v) is 5.47. The molecule has 0 aromatic carbocycles. The lowest BCUT2D eigenvalue weighted by Crippen LogP contribution is -2.13. The van der Waals surface area contributed by atoms with Crippen LogP contribution in [0.15, 0.2) is 22.9 Å². The number of fused-ring (bicyclic) bond motifs is 1. The van der Waals surface area contributed by atoms with Gasteiger partial charge < -0.3 is 9.09 Å². The van der Waals surface area contributed by atoms with Crippen molar-refractivity contribution in [3.63, 3.8) is 0 Å². The topological polar surface area (TPSA) is 56.7 Å². The summed E-state index contributed by atoms with van der Waals surface area (Å²) in [4.78, 5) is 9.14. The minimum Gasteiger partial charge on any atom is -0.361 e. The molecule has 110 valence electrons. The predicted octanol–water partition coefficient (Wildman–Crippen LogP) is 3.43. The number of hydrogen-bond acceptors (Lipinski definition) is 4. The van der Waals surface area contributed by atoms with E-state index in [0.717, 1.165) is 34.0 Å². The second-order valence-electron chi connectivity index (χ2n) is 5.10. The molecule has 0 amide bonds. The van der Waals surface area contributed by atoms with E-state index in [-0.39, 0.29) is 6.04 Å². The van der Waals surface area contributed by atoms with Gasteiger partial charge in [0.05, 0.1) is 11.7 Å². The van der Waals surface area contributed by atoms with E-state index < -0.39 is 0 Å². The van der Waals surface area contributed by atoms with E-state index in [4.69, 9.17) is 16.1 Å². The Labute approximate surface area is 127 Å². The van der Waals surface area contributed by atoms with Crippen molar-refractivity contribution >= 4 is 22.8 Å². The quantitative estimate of drug-likeness (QED) is 0.693. The first kappa shape index (κ1) is 14.1. The average molecular weight is 305 g/mol. The van der Waals surface area contributed by atoms with Crippen LogP contribution in [0.5, 0.6) is 0 Å². The highest BCUT2D eigenvalue weighted by Gasteiger charge is 2.23. The van der Waals surface area contributed by atoms with Crippen molar-refractivity contribution in [2.45, 2.75) is 33.2 Å². The number of aryl methyl sites for hydroxylation is 3. The van der Waals surface area contributed by atoms with Crippen molar-refractivity contribution in [3.8, 4) is 0 Å². The molecule has 0 aliphatic rings. The summed E-state index contributed by atoms with van der Waals surface area (Å²) in [6.07, 6.45) is 2.48. The molecule has 21 heavy (non-hydrogen) atoms. The molecule has 0 spiro atoms. The summed E-state index contributed by atoms with van der Waals surface area (Å²) < 4.78 is 7.43. The Kier molecular flexibility index (Phi) is 3.68. The third kappa shape index (κ3) is 2.31. The summed E-state index contributed by atoms with van der Waals surface area (Å²) in [7, 11) is 0. The Morgan fingerprint density at radius 3 is 2.86 bits per heavy atom. The zero-order valence-electron chi connectivity index (χ0n) is 12.3. The van der Waals surface area contributed by atoms with E-state index in [1.165, 1.54) is 0 Å². The summed E-state index contributed by atoms with van der Waals surface area (Å²) in [6, 6.07) is 3.91. The molecule has 0 fully saturated rings. The van der Waals surface area contributed by atoms with Gasteiger partial charge in [0.15, 0.2) is 5.65 Å². The van der Waals surface area contributed by atoms with Gasteiger partial charge in [-0.1, -0.05) is 5.16 Å². The number of aromatic nitrogens is 4. The van der Waals surface area contributed by atoms with Gasteiger partial charge in [0.1, 0.15) is 17.1 Å². The van der Waals surface area contributed by atoms with E-state index >= 15 is 0 Å². The van der Waals surface area contributed by atoms with Gasteiger partial charge in [-0.05, 0) is 32.9 Å². The summed E-state index contributed by atoms with van der Waals surface area (Å²) in [5.74, 6) is 2.29. The van der Waals surface area contributed by atoms with Crippen LogP contribution >= 0.6 is 11.6 Å². The molecule has 3 aromatic heterocycles. The Bertz CT molecular complexity index is 758. The molecule has 0 aliphatic heterocycles. The molecular formula is C15H17ClN4O. The summed E-state index contributed by atoms with van der Waals surface area (Å²) in [6.45, 7) is 6.00. The Morgan fingerprint density at radius 1 is 1.38 bits per heavy atom. The second kappa shape index (κ2) is 5.48. The molecule has 3 aromatic rings. The zero-order valence-corrected chi connectivity index (χ0v) is 13.1. The first-order valence-corrected chi connectivity index (χ1v) is 7.47. The maximum atomic E-state index is 5.92. The SMILES string of the molecule is Cc1noc(C)c1C(C)n1c(CCCl)nc2cccnc21. The third-order valence-corrected chi connectivity index (χ3v) is 3.92. The van der Waals surface area contributed by atoms with Gasteiger partial charge in [0.2, 0.25) is 0 Å². The largest absolute Gasteiger partial charge is 0.361 e. The van der Waals surface area contributed by atoms with Crippen LogP contribution in [0.4, 0.5) is 0 Å². The summed E-state index contributed by atoms with van der Waals surface area (Å²) in [5.41, 5.74) is 3.73. The molecule has 5 nitrogen and oxygen atoms in total. The number of pyridine rings is 1. The maximum absolute atomic E-state index is 5.92. The first-order chi connectivity index (χ1) is 10.1. The van der Waals surface area contributed by atoms with Gasteiger partial charge in [-0.3, -0.25) is 0 Å². The Morgan fingerprint density at radius 2 is 2.19 bits per heavy atom. The fourth-order valence-electron chi connectivity index (χ4n) is 2.86. The van der Waals surface area contributed by atoms with Crippen molar-refractivity contribution in [3.05, 3.63) is 41.2 Å². The molecule has 0 radical (unpaired) electrons. The third-order valence-electron chi connectivity index (χ3n) is 3.73. The number of halogens is 1. The standard InChI is InChI=1S/C15H17ClN4O/c1-9-14(11(3)21-19-9)10(2)20-13(6-7-16)18-12-5-4-8-17-15(12)20/h4-5,8,10H,6-7H2,1-3H3.